The Morgan fingerprint density at radius 2 is 2.35 bits per heavy atom. The van der Waals surface area contributed by atoms with E-state index in [2.05, 4.69) is 10.4 Å². The van der Waals surface area contributed by atoms with Crippen LogP contribution in [-0.2, 0) is 11.3 Å². The number of hydrazine groups is 1. The third kappa shape index (κ3) is 3.97. The maximum Gasteiger partial charge on any atom is 0.294 e. The van der Waals surface area contributed by atoms with Crippen LogP contribution in [0.25, 0.3) is 0 Å². The molecule has 1 aromatic heterocycles. The largest absolute Gasteiger partial charge is 0.388 e. The van der Waals surface area contributed by atoms with Gasteiger partial charge in [-0.15, -0.1) is 11.3 Å². The summed E-state index contributed by atoms with van der Waals surface area (Å²) in [5.74, 6) is 4.68. The van der Waals surface area contributed by atoms with E-state index in [1.165, 1.54) is 11.3 Å². The molecule has 2 rings (SSSR count). The number of rotatable bonds is 5. The summed E-state index contributed by atoms with van der Waals surface area (Å²) < 4.78 is 5.26. The first kappa shape index (κ1) is 15.3. The lowest BCUT2D eigenvalue weighted by Crippen LogP contribution is -2.45. The number of nitrogen functional groups attached to an aromatic ring is 1. The third-order valence-electron chi connectivity index (χ3n) is 3.30. The summed E-state index contributed by atoms with van der Waals surface area (Å²) in [5.41, 5.74) is 2.17. The number of hydrogen-bond donors (Lipinski definition) is 3. The Morgan fingerprint density at radius 3 is 3.00 bits per heavy atom. The van der Waals surface area contributed by atoms with Crippen molar-refractivity contribution in [1.29, 1.82) is 0 Å². The minimum atomic E-state index is -0.694. The second-order valence-corrected chi connectivity index (χ2v) is 5.98. The molecule has 7 nitrogen and oxygen atoms in total. The lowest BCUT2D eigenvalue weighted by molar-refractivity contribution is -0.0778. The number of nitrogens with one attached hydrogen (secondary N) is 1. The fraction of sp³-hybridized carbons (Fsp3) is 0.667. The van der Waals surface area contributed by atoms with E-state index in [0.29, 0.717) is 44.2 Å². The van der Waals surface area contributed by atoms with Crippen LogP contribution in [0.4, 0.5) is 0 Å². The molecule has 0 saturated carbocycles. The molecule has 1 amide bonds. The van der Waals surface area contributed by atoms with E-state index in [4.69, 9.17) is 10.6 Å². The first-order chi connectivity index (χ1) is 9.52. The monoisotopic (exact) mass is 300 g/mol. The van der Waals surface area contributed by atoms with Crippen molar-refractivity contribution in [1.82, 2.24) is 15.3 Å². The van der Waals surface area contributed by atoms with Crippen LogP contribution < -0.4 is 11.3 Å². The molecule has 0 atom stereocenters. The molecule has 1 aliphatic rings. The Hall–Kier alpha value is -1.06. The second-order valence-electron chi connectivity index (χ2n) is 5.13. The molecule has 4 N–H and O–H groups in total. The van der Waals surface area contributed by atoms with E-state index in [-0.39, 0.29) is 5.91 Å². The highest BCUT2D eigenvalue weighted by Crippen LogP contribution is 2.22. The van der Waals surface area contributed by atoms with Gasteiger partial charge in [0.25, 0.3) is 5.91 Å². The lowest BCUT2D eigenvalue weighted by Gasteiger charge is -2.35. The summed E-state index contributed by atoms with van der Waals surface area (Å²) in [7, 11) is 1.93. The van der Waals surface area contributed by atoms with E-state index in [9.17, 15) is 9.90 Å². The fourth-order valence-electron chi connectivity index (χ4n) is 2.29. The normalized spacial score (nSPS) is 18.2. The molecular weight excluding hydrogens is 280 g/mol. The molecule has 0 aliphatic carbocycles. The highest BCUT2D eigenvalue weighted by atomic mass is 32.1. The Morgan fingerprint density at radius 1 is 1.65 bits per heavy atom. The maximum absolute atomic E-state index is 11.3. The zero-order valence-electron chi connectivity index (χ0n) is 11.5. The molecule has 0 radical (unpaired) electrons. The van der Waals surface area contributed by atoms with Crippen LogP contribution in [0.2, 0.25) is 0 Å². The summed E-state index contributed by atoms with van der Waals surface area (Å²) >= 11 is 1.26. The van der Waals surface area contributed by atoms with Crippen molar-refractivity contribution in [3.05, 3.63) is 16.1 Å². The first-order valence-electron chi connectivity index (χ1n) is 6.46. The number of nitrogens with zero attached hydrogens (tertiary/aromatic N) is 2. The van der Waals surface area contributed by atoms with Crippen LogP contribution in [0, 0.1) is 0 Å². The van der Waals surface area contributed by atoms with Crippen molar-refractivity contribution >= 4 is 17.2 Å². The van der Waals surface area contributed by atoms with Gasteiger partial charge in [-0.05, 0) is 7.05 Å². The highest BCUT2D eigenvalue weighted by molar-refractivity contribution is 7.11. The zero-order chi connectivity index (χ0) is 14.6. The summed E-state index contributed by atoms with van der Waals surface area (Å²) in [6, 6.07) is 0. The summed E-state index contributed by atoms with van der Waals surface area (Å²) in [6.07, 6.45) is 1.30. The molecule has 1 aliphatic heterocycles. The standard InChI is InChI=1S/C12H20N4O3S/c1-16(8-12(18)2-4-19-5-3-12)6-9-7-20-11(14-9)10(17)15-13/h7,18H,2-6,8,13H2,1H3,(H,15,17). The molecule has 1 aromatic rings. The van der Waals surface area contributed by atoms with Crippen molar-refractivity contribution in [3.63, 3.8) is 0 Å². The number of likely N-dealkylation sites (N-methyl/N-ethyl adjacent to an activating group) is 1. The van der Waals surface area contributed by atoms with Crippen molar-refractivity contribution in [3.8, 4) is 0 Å². The molecule has 1 fully saturated rings. The summed E-state index contributed by atoms with van der Waals surface area (Å²) in [6.45, 7) is 2.34. The Kier molecular flexibility index (Phi) is 5.06. The Labute approximate surface area is 121 Å². The van der Waals surface area contributed by atoms with Crippen molar-refractivity contribution in [2.45, 2.75) is 25.0 Å². The van der Waals surface area contributed by atoms with Crippen molar-refractivity contribution in [2.24, 2.45) is 5.84 Å². The van der Waals surface area contributed by atoms with Gasteiger partial charge < -0.3 is 9.84 Å². The second kappa shape index (κ2) is 6.59. The fourth-order valence-corrected chi connectivity index (χ4v) is 3.00. The van der Waals surface area contributed by atoms with E-state index in [1.54, 1.807) is 0 Å². The van der Waals surface area contributed by atoms with Crippen LogP contribution in [0.1, 0.15) is 28.3 Å². The SMILES string of the molecule is CN(Cc1csc(C(=O)NN)n1)CC1(O)CCOCC1. The van der Waals surface area contributed by atoms with Gasteiger partial charge in [0, 0.05) is 44.5 Å². The molecule has 0 aromatic carbocycles. The zero-order valence-corrected chi connectivity index (χ0v) is 12.3. The number of hydrogen-bond acceptors (Lipinski definition) is 7. The number of amides is 1. The van der Waals surface area contributed by atoms with Gasteiger partial charge in [0.2, 0.25) is 0 Å². The summed E-state index contributed by atoms with van der Waals surface area (Å²) in [4.78, 5) is 17.5. The average molecular weight is 300 g/mol. The van der Waals surface area contributed by atoms with Crippen LogP contribution in [0.5, 0.6) is 0 Å². The number of thiazole rings is 1. The third-order valence-corrected chi connectivity index (χ3v) is 4.19. The molecule has 1 saturated heterocycles. The number of nitrogens with two attached hydrogens (primary N) is 1. The molecular formula is C12H20N4O3S. The van der Waals surface area contributed by atoms with Gasteiger partial charge >= 0.3 is 0 Å². The number of aliphatic hydroxyl groups is 1. The van der Waals surface area contributed by atoms with Crippen molar-refractivity contribution in [2.75, 3.05) is 26.8 Å². The summed E-state index contributed by atoms with van der Waals surface area (Å²) in [5, 5.41) is 12.6. The minimum absolute atomic E-state index is 0.348. The van der Waals surface area contributed by atoms with Crippen molar-refractivity contribution < 1.29 is 14.6 Å². The number of carbonyl (C=O) groups is 1. The molecule has 8 heteroatoms. The van der Waals surface area contributed by atoms with Gasteiger partial charge in [-0.3, -0.25) is 15.1 Å². The van der Waals surface area contributed by atoms with E-state index in [1.807, 2.05) is 17.3 Å². The number of aromatic nitrogens is 1. The van der Waals surface area contributed by atoms with Gasteiger partial charge in [-0.1, -0.05) is 0 Å². The Bertz CT molecular complexity index is 459. The van der Waals surface area contributed by atoms with Gasteiger partial charge in [0.05, 0.1) is 11.3 Å². The van der Waals surface area contributed by atoms with Crippen LogP contribution in [0.3, 0.4) is 0 Å². The van der Waals surface area contributed by atoms with Crippen LogP contribution in [-0.4, -0.2) is 53.3 Å². The topological polar surface area (TPSA) is 101 Å². The molecule has 0 unspecified atom stereocenters. The van der Waals surface area contributed by atoms with Crippen LogP contribution >= 0.6 is 11.3 Å². The average Bonchev–Trinajstić information content (AvgIpc) is 2.86. The highest BCUT2D eigenvalue weighted by Gasteiger charge is 2.31. The minimum Gasteiger partial charge on any atom is -0.388 e. The predicted molar refractivity (Wildman–Crippen MR) is 75.1 cm³/mol. The number of ether oxygens (including phenoxy) is 1. The predicted octanol–water partition coefficient (Wildman–Crippen LogP) is -0.280. The molecule has 20 heavy (non-hydrogen) atoms. The molecule has 2 heterocycles. The maximum atomic E-state index is 11.3. The van der Waals surface area contributed by atoms with Gasteiger partial charge in [0.15, 0.2) is 5.01 Å². The molecule has 0 bridgehead atoms. The van der Waals surface area contributed by atoms with E-state index in [0.717, 1.165) is 5.69 Å². The van der Waals surface area contributed by atoms with Gasteiger partial charge in [-0.25, -0.2) is 10.8 Å². The van der Waals surface area contributed by atoms with E-state index < -0.39 is 5.60 Å². The molecule has 0 spiro atoms. The quantitative estimate of drug-likeness (QED) is 0.393. The number of carbonyl (C=O) groups excluding carboxylic acids is 1. The van der Waals surface area contributed by atoms with Gasteiger partial charge in [-0.2, -0.15) is 0 Å². The van der Waals surface area contributed by atoms with Gasteiger partial charge in [0.1, 0.15) is 0 Å². The Balaban J connectivity index is 1.89. The van der Waals surface area contributed by atoms with Crippen LogP contribution in [0.15, 0.2) is 5.38 Å². The smallest absolute Gasteiger partial charge is 0.294 e. The molecule has 112 valence electrons. The van der Waals surface area contributed by atoms with E-state index >= 15 is 0 Å². The first-order valence-corrected chi connectivity index (χ1v) is 7.34. The lowest BCUT2D eigenvalue weighted by atomic mass is 9.94.